The number of nitrogens with zero attached hydrogens (tertiary/aromatic N) is 2. The second-order valence-corrected chi connectivity index (χ2v) is 11.1. The Bertz CT molecular complexity index is 1080. The van der Waals surface area contributed by atoms with E-state index in [-0.39, 0.29) is 42.3 Å². The van der Waals surface area contributed by atoms with Crippen molar-refractivity contribution in [1.29, 1.82) is 0 Å². The van der Waals surface area contributed by atoms with E-state index in [0.717, 1.165) is 12.0 Å². The molecule has 0 aliphatic heterocycles. The van der Waals surface area contributed by atoms with Gasteiger partial charge in [0.1, 0.15) is 6.04 Å². The maximum absolute atomic E-state index is 13.4. The molecule has 2 aromatic rings. The van der Waals surface area contributed by atoms with Gasteiger partial charge in [-0.1, -0.05) is 61.8 Å². The first-order valence-electron chi connectivity index (χ1n) is 12.0. The third kappa shape index (κ3) is 8.05. The summed E-state index contributed by atoms with van der Waals surface area (Å²) in [6.07, 6.45) is 1.65. The first-order valence-corrected chi connectivity index (χ1v) is 13.8. The Kier molecular flexibility index (Phi) is 11.2. The minimum Gasteiger partial charge on any atom is -0.352 e. The molecule has 2 atom stereocenters. The van der Waals surface area contributed by atoms with Crippen molar-refractivity contribution in [2.24, 2.45) is 0 Å². The Morgan fingerprint density at radius 3 is 2.23 bits per heavy atom. The second kappa shape index (κ2) is 13.6. The molecule has 0 spiro atoms. The first kappa shape index (κ1) is 28.8. The number of sulfonamides is 1. The van der Waals surface area contributed by atoms with Crippen molar-refractivity contribution in [3.8, 4) is 0 Å². The summed E-state index contributed by atoms with van der Waals surface area (Å²) in [6, 6.07) is 14.8. The monoisotopic (exact) mass is 521 g/mol. The van der Waals surface area contributed by atoms with E-state index in [0.29, 0.717) is 17.9 Å². The lowest BCUT2D eigenvalue weighted by Gasteiger charge is -2.32. The number of amides is 2. The van der Waals surface area contributed by atoms with Crippen molar-refractivity contribution < 1.29 is 18.0 Å². The molecule has 2 amide bonds. The molecular weight excluding hydrogens is 486 g/mol. The van der Waals surface area contributed by atoms with Gasteiger partial charge in [0, 0.05) is 37.6 Å². The Hall–Kier alpha value is -2.42. The summed E-state index contributed by atoms with van der Waals surface area (Å²) in [4.78, 5) is 28.1. The van der Waals surface area contributed by atoms with Crippen LogP contribution < -0.4 is 5.32 Å². The molecular formula is C26H36ClN3O4S. The second-order valence-electron chi connectivity index (χ2n) is 8.60. The van der Waals surface area contributed by atoms with Gasteiger partial charge in [-0.15, -0.1) is 0 Å². The van der Waals surface area contributed by atoms with Crippen molar-refractivity contribution >= 4 is 33.4 Å². The summed E-state index contributed by atoms with van der Waals surface area (Å²) in [6.45, 7) is 6.15. The highest BCUT2D eigenvalue weighted by Gasteiger charge is 2.30. The molecule has 0 saturated carbocycles. The summed E-state index contributed by atoms with van der Waals surface area (Å²) in [5.41, 5.74) is 0.751. The Balaban J connectivity index is 2.15. The number of halogens is 1. The molecule has 0 radical (unpaired) electrons. The maximum atomic E-state index is 13.4. The Morgan fingerprint density at radius 1 is 1.00 bits per heavy atom. The summed E-state index contributed by atoms with van der Waals surface area (Å²) in [7, 11) is -2.13. The molecule has 192 valence electrons. The van der Waals surface area contributed by atoms with Crippen LogP contribution in [0.3, 0.4) is 0 Å². The fraction of sp³-hybridized carbons (Fsp3) is 0.462. The average Bonchev–Trinajstić information content (AvgIpc) is 2.85. The predicted octanol–water partition coefficient (Wildman–Crippen LogP) is 4.46. The van der Waals surface area contributed by atoms with E-state index >= 15 is 0 Å². The van der Waals surface area contributed by atoms with Crippen LogP contribution in [0, 0.1) is 0 Å². The quantitative estimate of drug-likeness (QED) is 0.421. The molecule has 0 aliphatic carbocycles. The van der Waals surface area contributed by atoms with E-state index in [4.69, 9.17) is 11.6 Å². The minimum atomic E-state index is -3.64. The smallest absolute Gasteiger partial charge is 0.243 e. The van der Waals surface area contributed by atoms with Gasteiger partial charge in [-0.2, -0.15) is 0 Å². The molecule has 0 unspecified atom stereocenters. The Morgan fingerprint density at radius 2 is 1.63 bits per heavy atom. The fourth-order valence-corrected chi connectivity index (χ4v) is 5.09. The van der Waals surface area contributed by atoms with E-state index in [1.165, 1.54) is 11.4 Å². The van der Waals surface area contributed by atoms with Crippen LogP contribution in [0.1, 0.15) is 52.0 Å². The molecule has 0 fully saturated rings. The lowest BCUT2D eigenvalue weighted by molar-refractivity contribution is -0.141. The van der Waals surface area contributed by atoms with Crippen LogP contribution in [0.15, 0.2) is 59.5 Å². The zero-order chi connectivity index (χ0) is 26.0. The lowest BCUT2D eigenvalue weighted by Crippen LogP contribution is -2.50. The molecule has 0 saturated heterocycles. The molecule has 9 heteroatoms. The highest BCUT2D eigenvalue weighted by molar-refractivity contribution is 7.89. The number of hydrogen-bond donors (Lipinski definition) is 1. The number of rotatable bonds is 13. The molecule has 0 aromatic heterocycles. The topological polar surface area (TPSA) is 86.8 Å². The van der Waals surface area contributed by atoms with E-state index in [1.807, 2.05) is 39.0 Å². The van der Waals surface area contributed by atoms with Gasteiger partial charge in [0.05, 0.1) is 4.90 Å². The minimum absolute atomic E-state index is 0.00865. The van der Waals surface area contributed by atoms with Crippen molar-refractivity contribution in [3.63, 3.8) is 0 Å². The van der Waals surface area contributed by atoms with Crippen molar-refractivity contribution in [3.05, 3.63) is 65.2 Å². The third-order valence-electron chi connectivity index (χ3n) is 6.00. The third-order valence-corrected chi connectivity index (χ3v) is 8.24. The van der Waals surface area contributed by atoms with Gasteiger partial charge < -0.3 is 10.2 Å². The SMILES string of the molecule is CC[C@H](C)NC(=O)[C@H](CC)N(Cc1ccccc1Cl)C(=O)CCCN(C)S(=O)(=O)c1ccccc1. The van der Waals surface area contributed by atoms with E-state index in [9.17, 15) is 18.0 Å². The predicted molar refractivity (Wildman–Crippen MR) is 139 cm³/mol. The largest absolute Gasteiger partial charge is 0.352 e. The molecule has 2 rings (SSSR count). The van der Waals surface area contributed by atoms with Gasteiger partial charge in [-0.25, -0.2) is 12.7 Å². The van der Waals surface area contributed by atoms with Crippen molar-refractivity contribution in [1.82, 2.24) is 14.5 Å². The molecule has 0 aliphatic rings. The zero-order valence-electron chi connectivity index (χ0n) is 20.9. The van der Waals surface area contributed by atoms with Crippen LogP contribution in [-0.2, 0) is 26.2 Å². The van der Waals surface area contributed by atoms with Crippen LogP contribution >= 0.6 is 11.6 Å². The highest BCUT2D eigenvalue weighted by Crippen LogP contribution is 2.21. The van der Waals surface area contributed by atoms with Crippen LogP contribution in [0.4, 0.5) is 0 Å². The van der Waals surface area contributed by atoms with Crippen LogP contribution in [0.5, 0.6) is 0 Å². The fourth-order valence-electron chi connectivity index (χ4n) is 3.66. The number of benzene rings is 2. The van der Waals surface area contributed by atoms with Gasteiger partial charge in [0.15, 0.2) is 0 Å². The standard InChI is InChI=1S/C26H36ClN3O4S/c1-5-20(3)28-26(32)24(6-2)30(19-21-13-10-11-16-23(21)27)25(31)17-12-18-29(4)35(33,34)22-14-8-7-9-15-22/h7-11,13-16,20,24H,5-6,12,17-19H2,1-4H3,(H,28,32)/t20-,24-/m0/s1. The van der Waals surface area contributed by atoms with Crippen LogP contribution in [0.2, 0.25) is 5.02 Å². The normalized spacial score (nSPS) is 13.3. The van der Waals surface area contributed by atoms with Gasteiger partial charge in [0.25, 0.3) is 0 Å². The highest BCUT2D eigenvalue weighted by atomic mass is 35.5. The lowest BCUT2D eigenvalue weighted by atomic mass is 10.1. The Labute approximate surface area is 214 Å². The molecule has 1 N–H and O–H groups in total. The summed E-state index contributed by atoms with van der Waals surface area (Å²) in [5.74, 6) is -0.424. The van der Waals surface area contributed by atoms with E-state index < -0.39 is 16.1 Å². The molecule has 0 heterocycles. The molecule has 35 heavy (non-hydrogen) atoms. The number of carbonyl (C=O) groups is 2. The first-order chi connectivity index (χ1) is 16.6. The summed E-state index contributed by atoms with van der Waals surface area (Å²) in [5, 5.41) is 3.50. The average molecular weight is 522 g/mol. The van der Waals surface area contributed by atoms with Gasteiger partial charge in [-0.3, -0.25) is 9.59 Å². The van der Waals surface area contributed by atoms with Crippen LogP contribution in [-0.4, -0.2) is 55.1 Å². The van der Waals surface area contributed by atoms with Gasteiger partial charge in [0.2, 0.25) is 21.8 Å². The van der Waals surface area contributed by atoms with Crippen LogP contribution in [0.25, 0.3) is 0 Å². The summed E-state index contributed by atoms with van der Waals surface area (Å²) >= 11 is 6.35. The van der Waals surface area contributed by atoms with Crippen molar-refractivity contribution in [2.45, 2.75) is 70.0 Å². The number of hydrogen-bond acceptors (Lipinski definition) is 4. The van der Waals surface area contributed by atoms with Gasteiger partial charge in [-0.05, 0) is 49.9 Å². The number of nitrogens with one attached hydrogen (secondary N) is 1. The molecule has 2 aromatic carbocycles. The molecule has 7 nitrogen and oxygen atoms in total. The maximum Gasteiger partial charge on any atom is 0.243 e. The van der Waals surface area contributed by atoms with E-state index in [1.54, 1.807) is 41.3 Å². The zero-order valence-corrected chi connectivity index (χ0v) is 22.5. The molecule has 0 bridgehead atoms. The number of carbonyl (C=O) groups excluding carboxylic acids is 2. The van der Waals surface area contributed by atoms with Gasteiger partial charge >= 0.3 is 0 Å². The van der Waals surface area contributed by atoms with Crippen molar-refractivity contribution in [2.75, 3.05) is 13.6 Å². The van der Waals surface area contributed by atoms with E-state index in [2.05, 4.69) is 5.32 Å². The summed E-state index contributed by atoms with van der Waals surface area (Å²) < 4.78 is 26.8.